The third kappa shape index (κ3) is 2.77. The Morgan fingerprint density at radius 1 is 1.50 bits per heavy atom. The summed E-state index contributed by atoms with van der Waals surface area (Å²) in [4.78, 5) is 19.5. The lowest BCUT2D eigenvalue weighted by Crippen LogP contribution is -2.37. The second-order valence-corrected chi connectivity index (χ2v) is 6.37. The van der Waals surface area contributed by atoms with Crippen molar-refractivity contribution in [2.75, 3.05) is 13.1 Å². The van der Waals surface area contributed by atoms with Crippen molar-refractivity contribution in [3.63, 3.8) is 0 Å². The van der Waals surface area contributed by atoms with Gasteiger partial charge >= 0.3 is 0 Å². The van der Waals surface area contributed by atoms with Crippen LogP contribution in [0.3, 0.4) is 0 Å². The minimum absolute atomic E-state index is 0.00915. The molecule has 0 spiro atoms. The number of aliphatic hydroxyl groups is 1. The summed E-state index contributed by atoms with van der Waals surface area (Å²) in [5, 5.41) is 11.5. The fraction of sp³-hybridized carbons (Fsp3) is 0.571. The second kappa shape index (κ2) is 5.63. The Kier molecular flexibility index (Phi) is 3.87. The summed E-state index contributed by atoms with van der Waals surface area (Å²) in [6.45, 7) is 4.51. The van der Waals surface area contributed by atoms with E-state index in [1.807, 2.05) is 12.3 Å². The summed E-state index contributed by atoms with van der Waals surface area (Å²) in [7, 11) is 0. The van der Waals surface area contributed by atoms with Gasteiger partial charge in [0.15, 0.2) is 4.96 Å². The highest BCUT2D eigenvalue weighted by Gasteiger charge is 2.22. The Bertz CT molecular complexity index is 641. The molecule has 5 nitrogen and oxygen atoms in total. The van der Waals surface area contributed by atoms with E-state index in [4.69, 9.17) is 0 Å². The van der Waals surface area contributed by atoms with Crippen LogP contribution in [0.1, 0.15) is 25.5 Å². The highest BCUT2D eigenvalue weighted by Crippen LogP contribution is 2.21. The smallest absolute Gasteiger partial charge is 0.258 e. The molecule has 0 saturated carbocycles. The first-order chi connectivity index (χ1) is 9.63. The van der Waals surface area contributed by atoms with Crippen LogP contribution in [0.4, 0.5) is 0 Å². The third-order valence-corrected chi connectivity index (χ3v) is 4.81. The number of hydrogen-bond donors (Lipinski definition) is 1. The predicted molar refractivity (Wildman–Crippen MR) is 79.0 cm³/mol. The quantitative estimate of drug-likeness (QED) is 0.928. The number of likely N-dealkylation sites (tertiary alicyclic amines) is 1. The van der Waals surface area contributed by atoms with Crippen molar-refractivity contribution in [1.29, 1.82) is 0 Å². The summed E-state index contributed by atoms with van der Waals surface area (Å²) in [5.41, 5.74) is 0.832. The van der Waals surface area contributed by atoms with Crippen molar-refractivity contribution >= 4 is 16.3 Å². The number of aliphatic hydroxyl groups excluding tert-OH is 1. The van der Waals surface area contributed by atoms with Gasteiger partial charge in [-0.25, -0.2) is 4.98 Å². The molecule has 108 valence electrons. The fourth-order valence-corrected chi connectivity index (χ4v) is 3.53. The summed E-state index contributed by atoms with van der Waals surface area (Å²) in [5.74, 6) is 0.407. The zero-order valence-corrected chi connectivity index (χ0v) is 12.3. The maximum absolute atomic E-state index is 11.9. The molecule has 1 aliphatic rings. The van der Waals surface area contributed by atoms with Crippen LogP contribution >= 0.6 is 11.3 Å². The Balaban J connectivity index is 1.70. The molecule has 2 aromatic heterocycles. The van der Waals surface area contributed by atoms with E-state index in [1.165, 1.54) is 11.3 Å². The van der Waals surface area contributed by atoms with E-state index < -0.39 is 0 Å². The van der Waals surface area contributed by atoms with Crippen molar-refractivity contribution in [2.24, 2.45) is 5.92 Å². The van der Waals surface area contributed by atoms with Gasteiger partial charge in [-0.1, -0.05) is 0 Å². The molecule has 1 atom stereocenters. The van der Waals surface area contributed by atoms with Gasteiger partial charge < -0.3 is 5.11 Å². The molecule has 0 aliphatic carbocycles. The molecule has 2 aromatic rings. The maximum Gasteiger partial charge on any atom is 0.258 e. The number of hydrogen-bond acceptors (Lipinski definition) is 5. The van der Waals surface area contributed by atoms with Crippen LogP contribution in [0, 0.1) is 5.92 Å². The zero-order chi connectivity index (χ0) is 14.1. The number of thiazole rings is 1. The molecule has 0 radical (unpaired) electrons. The summed E-state index contributed by atoms with van der Waals surface area (Å²) in [6, 6.07) is 1.63. The van der Waals surface area contributed by atoms with Gasteiger partial charge in [0.25, 0.3) is 5.56 Å². The van der Waals surface area contributed by atoms with Gasteiger partial charge in [-0.15, -0.1) is 11.3 Å². The maximum atomic E-state index is 11.9. The number of fused-ring (bicyclic) bond motifs is 1. The number of aromatic nitrogens is 2. The van der Waals surface area contributed by atoms with E-state index in [-0.39, 0.29) is 11.7 Å². The van der Waals surface area contributed by atoms with Gasteiger partial charge in [-0.05, 0) is 38.8 Å². The highest BCUT2D eigenvalue weighted by molar-refractivity contribution is 7.15. The normalized spacial score (nSPS) is 19.5. The highest BCUT2D eigenvalue weighted by atomic mass is 32.1. The molecule has 3 rings (SSSR count). The fourth-order valence-electron chi connectivity index (χ4n) is 2.79. The molecule has 1 fully saturated rings. The molecule has 1 N–H and O–H groups in total. The zero-order valence-electron chi connectivity index (χ0n) is 11.5. The van der Waals surface area contributed by atoms with Gasteiger partial charge in [0.1, 0.15) is 0 Å². The van der Waals surface area contributed by atoms with Crippen LogP contribution in [-0.2, 0) is 6.54 Å². The largest absolute Gasteiger partial charge is 0.393 e. The van der Waals surface area contributed by atoms with E-state index in [0.717, 1.165) is 43.1 Å². The summed E-state index contributed by atoms with van der Waals surface area (Å²) >= 11 is 1.48. The van der Waals surface area contributed by atoms with Crippen LogP contribution < -0.4 is 5.56 Å². The number of piperidine rings is 1. The molecule has 1 unspecified atom stereocenters. The van der Waals surface area contributed by atoms with Crippen LogP contribution in [0.15, 0.2) is 22.4 Å². The van der Waals surface area contributed by atoms with Crippen molar-refractivity contribution in [2.45, 2.75) is 32.4 Å². The molecule has 1 aliphatic heterocycles. The first-order valence-corrected chi connectivity index (χ1v) is 7.87. The van der Waals surface area contributed by atoms with Crippen LogP contribution in [0.25, 0.3) is 4.96 Å². The van der Waals surface area contributed by atoms with Gasteiger partial charge in [-0.2, -0.15) is 0 Å². The van der Waals surface area contributed by atoms with Gasteiger partial charge in [0, 0.05) is 24.2 Å². The lowest BCUT2D eigenvalue weighted by Gasteiger charge is -2.32. The third-order valence-electron chi connectivity index (χ3n) is 4.06. The average molecular weight is 293 g/mol. The van der Waals surface area contributed by atoms with Crippen molar-refractivity contribution in [1.82, 2.24) is 14.3 Å². The van der Waals surface area contributed by atoms with Crippen LogP contribution in [0.5, 0.6) is 0 Å². The first kappa shape index (κ1) is 13.7. The number of rotatable bonds is 3. The molecule has 0 bridgehead atoms. The molecule has 20 heavy (non-hydrogen) atoms. The lowest BCUT2D eigenvalue weighted by atomic mass is 9.92. The monoisotopic (exact) mass is 293 g/mol. The average Bonchev–Trinajstić information content (AvgIpc) is 2.88. The predicted octanol–water partition coefficient (Wildman–Crippen LogP) is 1.35. The topological polar surface area (TPSA) is 57.8 Å². The Labute approximate surface area is 121 Å². The minimum atomic E-state index is -0.220. The molecule has 0 amide bonds. The first-order valence-electron chi connectivity index (χ1n) is 6.99. The van der Waals surface area contributed by atoms with E-state index in [1.54, 1.807) is 16.7 Å². The van der Waals surface area contributed by atoms with E-state index in [2.05, 4.69) is 9.88 Å². The van der Waals surface area contributed by atoms with E-state index in [0.29, 0.717) is 5.92 Å². The van der Waals surface area contributed by atoms with E-state index in [9.17, 15) is 9.90 Å². The van der Waals surface area contributed by atoms with E-state index >= 15 is 0 Å². The Morgan fingerprint density at radius 3 is 2.95 bits per heavy atom. The van der Waals surface area contributed by atoms with Gasteiger partial charge in [0.05, 0.1) is 11.8 Å². The molecular formula is C14H19N3O2S. The molecular weight excluding hydrogens is 274 g/mol. The summed E-state index contributed by atoms with van der Waals surface area (Å²) < 4.78 is 1.58. The van der Waals surface area contributed by atoms with Gasteiger partial charge in [0.2, 0.25) is 0 Å². The number of nitrogens with zero attached hydrogens (tertiary/aromatic N) is 3. The van der Waals surface area contributed by atoms with Crippen molar-refractivity contribution in [3.8, 4) is 0 Å². The molecule has 0 aromatic carbocycles. The standard InChI is InChI=1S/C14H19N3O2S/c1-10(18)11-2-4-16(5-3-11)9-12-8-13(19)17-6-7-20-14(17)15-12/h6-8,10-11,18H,2-5,9H2,1H3. The van der Waals surface area contributed by atoms with Crippen LogP contribution in [-0.4, -0.2) is 38.6 Å². The Morgan fingerprint density at radius 2 is 2.25 bits per heavy atom. The van der Waals surface area contributed by atoms with Gasteiger partial charge in [-0.3, -0.25) is 14.1 Å². The SMILES string of the molecule is CC(O)C1CCN(Cc2cc(=O)n3ccsc3n2)CC1. The van der Waals surface area contributed by atoms with Crippen molar-refractivity contribution in [3.05, 3.63) is 33.7 Å². The molecule has 3 heterocycles. The van der Waals surface area contributed by atoms with Crippen molar-refractivity contribution < 1.29 is 5.11 Å². The Hall–Kier alpha value is -1.24. The molecule has 1 saturated heterocycles. The lowest BCUT2D eigenvalue weighted by molar-refractivity contribution is 0.0691. The second-order valence-electron chi connectivity index (χ2n) is 5.50. The molecule has 6 heteroatoms. The minimum Gasteiger partial charge on any atom is -0.393 e. The van der Waals surface area contributed by atoms with Crippen LogP contribution in [0.2, 0.25) is 0 Å². The summed E-state index contributed by atoms with van der Waals surface area (Å²) in [6.07, 6.45) is 3.56.